The van der Waals surface area contributed by atoms with E-state index in [0.717, 1.165) is 11.0 Å². The van der Waals surface area contributed by atoms with Gasteiger partial charge in [-0.3, -0.25) is 4.79 Å². The van der Waals surface area contributed by atoms with Gasteiger partial charge in [0.15, 0.2) is 9.84 Å². The number of carbonyl (C=O) groups excluding carboxylic acids is 2. The topological polar surface area (TPSA) is 194 Å². The number of ether oxygens (including phenoxy) is 1. The number of rotatable bonds is 6. The van der Waals surface area contributed by atoms with Crippen LogP contribution in [0.15, 0.2) is 50.3 Å². The van der Waals surface area contributed by atoms with Crippen molar-refractivity contribution in [3.63, 3.8) is 0 Å². The summed E-state index contributed by atoms with van der Waals surface area (Å²) in [5.41, 5.74) is -2.12. The third-order valence-electron chi connectivity index (χ3n) is 7.58. The van der Waals surface area contributed by atoms with Gasteiger partial charge in [0.25, 0.3) is 5.91 Å². The molecule has 1 N–H and O–H groups in total. The summed E-state index contributed by atoms with van der Waals surface area (Å²) in [7, 11) is -4.46. The molecule has 49 heavy (non-hydrogen) atoms. The van der Waals surface area contributed by atoms with Crippen LogP contribution in [0.2, 0.25) is 0 Å². The molecule has 14 nitrogen and oxygen atoms in total. The maximum Gasteiger partial charge on any atom is 0.471 e. The molecule has 0 unspecified atom stereocenters. The smallest absolute Gasteiger partial charge is 0.444 e. The van der Waals surface area contributed by atoms with Gasteiger partial charge in [-0.2, -0.15) is 28.4 Å². The Hall–Kier alpha value is -5.38. The predicted molar refractivity (Wildman–Crippen MR) is 157 cm³/mol. The molecule has 2 amide bonds. The number of halogens is 4. The van der Waals surface area contributed by atoms with E-state index in [9.17, 15) is 36.4 Å². The zero-order chi connectivity index (χ0) is 35.5. The number of sulfone groups is 1. The Bertz CT molecular complexity index is 2110. The Balaban J connectivity index is 1.40. The number of nitriles is 1. The number of carbonyl (C=O) groups is 2. The van der Waals surface area contributed by atoms with Crippen LogP contribution < -0.4 is 10.2 Å². The number of benzene rings is 2. The molecule has 1 aliphatic carbocycles. The largest absolute Gasteiger partial charge is 0.471 e. The van der Waals surface area contributed by atoms with Crippen molar-refractivity contribution in [3.05, 3.63) is 59.6 Å². The van der Waals surface area contributed by atoms with Gasteiger partial charge in [0.05, 0.1) is 34.5 Å². The summed E-state index contributed by atoms with van der Waals surface area (Å²) >= 11 is 0. The molecule has 19 heteroatoms. The molecule has 1 atom stereocenters. The minimum atomic E-state index is -4.85. The van der Waals surface area contributed by atoms with Crippen LogP contribution in [-0.2, 0) is 37.5 Å². The van der Waals surface area contributed by atoms with Gasteiger partial charge >= 0.3 is 18.2 Å². The SMILES string of the molecule is CC(C)(C)OC(=O)N[C@H]1CS(=O)(=O)c2cc(F)c(-c3noc(C4(C#N)CC4)n3)cc2N(Cc2ccc(-c3noc(C(F)(F)F)n3)cc2)C1=O. The molecule has 0 spiro atoms. The van der Waals surface area contributed by atoms with E-state index in [-0.39, 0.29) is 40.9 Å². The van der Waals surface area contributed by atoms with E-state index in [4.69, 9.17) is 9.26 Å². The number of nitrogens with zero attached hydrogens (tertiary/aromatic N) is 6. The fraction of sp³-hybridized carbons (Fsp3) is 0.367. The fourth-order valence-electron chi connectivity index (χ4n) is 5.00. The van der Waals surface area contributed by atoms with Crippen molar-refractivity contribution in [1.82, 2.24) is 25.6 Å². The number of hydrogen-bond acceptors (Lipinski definition) is 12. The summed E-state index contributed by atoms with van der Waals surface area (Å²) in [5, 5.41) is 18.9. The zero-order valence-corrected chi connectivity index (χ0v) is 26.6. The van der Waals surface area contributed by atoms with Gasteiger partial charge in [-0.25, -0.2) is 17.6 Å². The van der Waals surface area contributed by atoms with Gasteiger partial charge in [-0.15, -0.1) is 0 Å². The molecule has 0 saturated heterocycles. The number of alkyl carbamates (subject to hydrolysis) is 1. The second kappa shape index (κ2) is 11.6. The molecule has 0 radical (unpaired) electrons. The minimum absolute atomic E-state index is 0.0365. The first-order valence-electron chi connectivity index (χ1n) is 14.5. The van der Waals surface area contributed by atoms with Crippen molar-refractivity contribution in [2.45, 2.75) is 68.3 Å². The van der Waals surface area contributed by atoms with Gasteiger partial charge in [-0.05, 0) is 51.3 Å². The molecule has 2 aromatic heterocycles. The predicted octanol–water partition coefficient (Wildman–Crippen LogP) is 4.71. The van der Waals surface area contributed by atoms with Gasteiger partial charge in [0.2, 0.25) is 17.5 Å². The summed E-state index contributed by atoms with van der Waals surface area (Å²) < 4.78 is 96.5. The zero-order valence-electron chi connectivity index (χ0n) is 25.8. The Morgan fingerprint density at radius 1 is 1.10 bits per heavy atom. The Kier molecular flexibility index (Phi) is 7.97. The Morgan fingerprint density at radius 3 is 2.37 bits per heavy atom. The monoisotopic (exact) mass is 703 g/mol. The van der Waals surface area contributed by atoms with E-state index in [2.05, 4.69) is 36.2 Å². The van der Waals surface area contributed by atoms with Crippen LogP contribution in [0.25, 0.3) is 22.8 Å². The fourth-order valence-corrected chi connectivity index (χ4v) is 6.62. The minimum Gasteiger partial charge on any atom is -0.444 e. The van der Waals surface area contributed by atoms with E-state index in [1.54, 1.807) is 20.8 Å². The van der Waals surface area contributed by atoms with E-state index in [0.29, 0.717) is 24.5 Å². The quantitative estimate of drug-likeness (QED) is 0.272. The third-order valence-corrected chi connectivity index (χ3v) is 9.35. The summed E-state index contributed by atoms with van der Waals surface area (Å²) in [6, 6.07) is 7.74. The number of hydrogen-bond donors (Lipinski definition) is 1. The lowest BCUT2D eigenvalue weighted by molar-refractivity contribution is -0.159. The molecule has 256 valence electrons. The van der Waals surface area contributed by atoms with Crippen molar-refractivity contribution in [3.8, 4) is 28.8 Å². The molecule has 3 heterocycles. The van der Waals surface area contributed by atoms with Crippen LogP contribution in [0.4, 0.5) is 28.0 Å². The second-order valence-electron chi connectivity index (χ2n) is 12.4. The van der Waals surface area contributed by atoms with Crippen LogP contribution >= 0.6 is 0 Å². The van der Waals surface area contributed by atoms with Crippen molar-refractivity contribution in [2.24, 2.45) is 0 Å². The lowest BCUT2D eigenvalue weighted by atomic mass is 10.1. The Labute approximate surface area is 274 Å². The van der Waals surface area contributed by atoms with E-state index < -0.39 is 67.4 Å². The molecule has 0 bridgehead atoms. The van der Waals surface area contributed by atoms with Gasteiger partial charge < -0.3 is 24.0 Å². The molecule has 6 rings (SSSR count). The molecule has 4 aromatic rings. The molecular formula is C30H25F4N7O7S. The maximum atomic E-state index is 15.6. The molecule has 1 saturated carbocycles. The third kappa shape index (κ3) is 6.68. The average molecular weight is 704 g/mol. The Morgan fingerprint density at radius 2 is 1.78 bits per heavy atom. The maximum absolute atomic E-state index is 15.6. The second-order valence-corrected chi connectivity index (χ2v) is 14.4. The van der Waals surface area contributed by atoms with Crippen LogP contribution in [0.1, 0.15) is 51.0 Å². The van der Waals surface area contributed by atoms with Gasteiger partial charge in [0.1, 0.15) is 22.9 Å². The first kappa shape index (κ1) is 33.5. The lowest BCUT2D eigenvalue weighted by Crippen LogP contribution is -2.51. The average Bonchev–Trinajstić information content (AvgIpc) is 3.40. The highest BCUT2D eigenvalue weighted by molar-refractivity contribution is 7.91. The number of fused-ring (bicyclic) bond motifs is 1. The summed E-state index contributed by atoms with van der Waals surface area (Å²) in [4.78, 5) is 34.7. The van der Waals surface area contributed by atoms with Gasteiger partial charge in [0, 0.05) is 5.56 Å². The number of aromatic nitrogens is 4. The molecule has 2 aliphatic rings. The number of amides is 2. The molecular weight excluding hydrogens is 678 g/mol. The highest BCUT2D eigenvalue weighted by Crippen LogP contribution is 2.47. The number of alkyl halides is 3. The van der Waals surface area contributed by atoms with Crippen molar-refractivity contribution >= 4 is 27.5 Å². The molecule has 1 fully saturated rings. The highest BCUT2D eigenvalue weighted by Gasteiger charge is 2.50. The van der Waals surface area contributed by atoms with E-state index in [1.807, 2.05) is 0 Å². The van der Waals surface area contributed by atoms with Crippen LogP contribution in [-0.4, -0.2) is 58.1 Å². The van der Waals surface area contributed by atoms with Crippen LogP contribution in [0.5, 0.6) is 0 Å². The summed E-state index contributed by atoms with van der Waals surface area (Å²) in [5.74, 6) is -5.14. The van der Waals surface area contributed by atoms with Crippen LogP contribution in [0, 0.1) is 17.1 Å². The summed E-state index contributed by atoms with van der Waals surface area (Å²) in [6.45, 7) is 4.35. The lowest BCUT2D eigenvalue weighted by Gasteiger charge is -2.27. The molecule has 2 aromatic carbocycles. The standard InChI is InChI=1S/C30H25F4N7O7S/c1-28(2,3)46-27(43)36-19-13-49(44,45)21-11-18(31)17(23-38-25(47-40-23)29(14-35)8-9-29)10-20(21)41(24(19)42)12-15-4-6-16(7-5-15)22-37-26(48-39-22)30(32,33)34/h4-7,10-11,19H,8-9,12-13H2,1-3H3,(H,36,43)/t19-/m0/s1. The van der Waals surface area contributed by atoms with Crippen molar-refractivity contribution in [2.75, 3.05) is 10.7 Å². The van der Waals surface area contributed by atoms with Crippen LogP contribution in [0.3, 0.4) is 0 Å². The van der Waals surface area contributed by atoms with Gasteiger partial charge in [-0.1, -0.05) is 34.6 Å². The molecule has 1 aliphatic heterocycles. The van der Waals surface area contributed by atoms with E-state index >= 15 is 4.39 Å². The summed E-state index contributed by atoms with van der Waals surface area (Å²) in [6.07, 6.45) is -5.02. The number of anilines is 1. The van der Waals surface area contributed by atoms with Crippen molar-refractivity contribution < 1.29 is 49.4 Å². The normalized spacial score (nSPS) is 18.3. The first-order valence-corrected chi connectivity index (χ1v) is 16.2. The highest BCUT2D eigenvalue weighted by atomic mass is 32.2. The number of nitrogens with one attached hydrogen (secondary N) is 1. The first-order chi connectivity index (χ1) is 22.9. The van der Waals surface area contributed by atoms with E-state index in [1.165, 1.54) is 24.3 Å². The van der Waals surface area contributed by atoms with Crippen molar-refractivity contribution in [1.29, 1.82) is 5.26 Å².